The van der Waals surface area contributed by atoms with Crippen LogP contribution in [0.2, 0.25) is 5.02 Å². The van der Waals surface area contributed by atoms with Gasteiger partial charge in [0.1, 0.15) is 4.83 Å². The van der Waals surface area contributed by atoms with E-state index in [-0.39, 0.29) is 23.3 Å². The van der Waals surface area contributed by atoms with Crippen LogP contribution in [0.4, 0.5) is 0 Å². The molecular formula is C23H26ClN3O2S2. The van der Waals surface area contributed by atoms with Crippen LogP contribution in [-0.4, -0.2) is 27.3 Å². The SMILES string of the molecule is CCCC(C)NC(=O)CSc1nc2sc3c(c2c(=O)n1-c1ccc(Cl)cc1)CCCC3. The lowest BCUT2D eigenvalue weighted by atomic mass is 9.97. The number of halogens is 1. The fourth-order valence-electron chi connectivity index (χ4n) is 4.05. The lowest BCUT2D eigenvalue weighted by Crippen LogP contribution is -2.34. The number of fused-ring (bicyclic) bond motifs is 3. The summed E-state index contributed by atoms with van der Waals surface area (Å²) in [5.74, 6) is 0.165. The number of nitrogens with zero attached hydrogens (tertiary/aromatic N) is 2. The number of hydrogen-bond acceptors (Lipinski definition) is 5. The van der Waals surface area contributed by atoms with Gasteiger partial charge in [0.25, 0.3) is 5.56 Å². The van der Waals surface area contributed by atoms with Crippen molar-refractivity contribution in [2.24, 2.45) is 0 Å². The zero-order valence-electron chi connectivity index (χ0n) is 17.7. The molecule has 31 heavy (non-hydrogen) atoms. The quantitative estimate of drug-likeness (QED) is 0.368. The second kappa shape index (κ2) is 9.76. The highest BCUT2D eigenvalue weighted by molar-refractivity contribution is 7.99. The molecule has 1 aromatic carbocycles. The van der Waals surface area contributed by atoms with E-state index in [1.54, 1.807) is 28.0 Å². The Kier molecular flexibility index (Phi) is 7.04. The van der Waals surface area contributed by atoms with Crippen LogP contribution >= 0.6 is 34.7 Å². The number of carbonyl (C=O) groups excluding carboxylic acids is 1. The van der Waals surface area contributed by atoms with Crippen molar-refractivity contribution in [1.29, 1.82) is 0 Å². The van der Waals surface area contributed by atoms with Gasteiger partial charge < -0.3 is 5.32 Å². The largest absolute Gasteiger partial charge is 0.353 e. The lowest BCUT2D eigenvalue weighted by molar-refractivity contribution is -0.119. The molecule has 0 bridgehead atoms. The van der Waals surface area contributed by atoms with Gasteiger partial charge >= 0.3 is 0 Å². The molecule has 0 spiro atoms. The molecule has 1 unspecified atom stereocenters. The van der Waals surface area contributed by atoms with E-state index in [9.17, 15) is 9.59 Å². The number of aromatic nitrogens is 2. The van der Waals surface area contributed by atoms with Crippen molar-refractivity contribution in [3.05, 3.63) is 50.1 Å². The van der Waals surface area contributed by atoms with E-state index in [1.807, 2.05) is 19.1 Å². The van der Waals surface area contributed by atoms with Gasteiger partial charge in [-0.15, -0.1) is 11.3 Å². The molecule has 0 saturated carbocycles. The first kappa shape index (κ1) is 22.4. The molecule has 5 nitrogen and oxygen atoms in total. The first-order valence-corrected chi connectivity index (χ1v) is 12.9. The van der Waals surface area contributed by atoms with Crippen molar-refractivity contribution in [3.8, 4) is 5.69 Å². The molecule has 0 saturated heterocycles. The van der Waals surface area contributed by atoms with Crippen molar-refractivity contribution >= 4 is 50.8 Å². The number of nitrogens with one attached hydrogen (secondary N) is 1. The van der Waals surface area contributed by atoms with Crippen molar-refractivity contribution in [2.45, 2.75) is 63.6 Å². The van der Waals surface area contributed by atoms with Gasteiger partial charge in [0.15, 0.2) is 5.16 Å². The molecule has 8 heteroatoms. The number of aryl methyl sites for hydroxylation is 2. The van der Waals surface area contributed by atoms with E-state index < -0.39 is 0 Å². The minimum atomic E-state index is -0.0611. The standard InChI is InChI=1S/C23H26ClN3O2S2/c1-3-6-14(2)25-19(28)13-30-23-26-21-20(17-7-4-5-8-18(17)31-21)22(29)27(23)16-11-9-15(24)10-12-16/h9-12,14H,3-8,13H2,1-2H3,(H,25,28). The third-order valence-corrected chi connectivity index (χ3v) is 7.88. The number of amides is 1. The molecule has 164 valence electrons. The molecule has 2 heterocycles. The second-order valence-electron chi connectivity index (χ2n) is 7.95. The summed E-state index contributed by atoms with van der Waals surface area (Å²) in [6.45, 7) is 4.11. The first-order valence-electron chi connectivity index (χ1n) is 10.7. The average molecular weight is 476 g/mol. The molecule has 0 aliphatic heterocycles. The van der Waals surface area contributed by atoms with Crippen LogP contribution < -0.4 is 10.9 Å². The highest BCUT2D eigenvalue weighted by Crippen LogP contribution is 2.35. The Bertz CT molecular complexity index is 1150. The molecule has 2 aromatic heterocycles. The molecule has 0 fully saturated rings. The van der Waals surface area contributed by atoms with Crippen LogP contribution in [0.3, 0.4) is 0 Å². The molecule has 3 aromatic rings. The Morgan fingerprint density at radius 1 is 1.29 bits per heavy atom. The van der Waals surface area contributed by atoms with E-state index in [2.05, 4.69) is 12.2 Å². The van der Waals surface area contributed by atoms with Gasteiger partial charge in [-0.3, -0.25) is 14.2 Å². The Morgan fingerprint density at radius 3 is 2.77 bits per heavy atom. The lowest BCUT2D eigenvalue weighted by Gasteiger charge is -2.15. The number of benzene rings is 1. The molecule has 0 radical (unpaired) electrons. The van der Waals surface area contributed by atoms with E-state index in [0.29, 0.717) is 15.9 Å². The number of rotatable bonds is 7. The first-order chi connectivity index (χ1) is 15.0. The maximum atomic E-state index is 13.7. The fraction of sp³-hybridized carbons (Fsp3) is 0.435. The number of thioether (sulfide) groups is 1. The average Bonchev–Trinajstić information content (AvgIpc) is 3.12. The highest BCUT2D eigenvalue weighted by atomic mass is 35.5. The molecule has 1 aliphatic rings. The van der Waals surface area contributed by atoms with Crippen LogP contribution in [0, 0.1) is 0 Å². The van der Waals surface area contributed by atoms with Gasteiger partial charge in [-0.1, -0.05) is 36.7 Å². The molecular weight excluding hydrogens is 450 g/mol. The van der Waals surface area contributed by atoms with Crippen molar-refractivity contribution in [2.75, 3.05) is 5.75 Å². The summed E-state index contributed by atoms with van der Waals surface area (Å²) in [5, 5.41) is 4.90. The van der Waals surface area contributed by atoms with Crippen LogP contribution in [0.1, 0.15) is 50.0 Å². The number of carbonyl (C=O) groups is 1. The summed E-state index contributed by atoms with van der Waals surface area (Å²) in [4.78, 5) is 33.0. The third-order valence-electron chi connectivity index (χ3n) is 5.50. The van der Waals surface area contributed by atoms with Gasteiger partial charge in [0, 0.05) is 15.9 Å². The van der Waals surface area contributed by atoms with Gasteiger partial charge in [0.05, 0.1) is 16.8 Å². The monoisotopic (exact) mass is 475 g/mol. The minimum Gasteiger partial charge on any atom is -0.353 e. The third kappa shape index (κ3) is 4.83. The topological polar surface area (TPSA) is 64.0 Å². The minimum absolute atomic E-state index is 0.0478. The summed E-state index contributed by atoms with van der Waals surface area (Å²) in [6.07, 6.45) is 6.16. The molecule has 1 N–H and O–H groups in total. The van der Waals surface area contributed by atoms with E-state index in [1.165, 1.54) is 16.6 Å². The second-order valence-corrected chi connectivity index (χ2v) is 10.4. The summed E-state index contributed by atoms with van der Waals surface area (Å²) >= 11 is 9.00. The summed E-state index contributed by atoms with van der Waals surface area (Å²) in [6, 6.07) is 7.32. The zero-order chi connectivity index (χ0) is 22.0. The molecule has 4 rings (SSSR count). The fourth-order valence-corrected chi connectivity index (χ4v) is 6.31. The van der Waals surface area contributed by atoms with E-state index in [0.717, 1.165) is 54.3 Å². The van der Waals surface area contributed by atoms with E-state index in [4.69, 9.17) is 16.6 Å². The van der Waals surface area contributed by atoms with Gasteiger partial charge in [-0.2, -0.15) is 0 Å². The predicted molar refractivity (Wildman–Crippen MR) is 130 cm³/mol. The van der Waals surface area contributed by atoms with Gasteiger partial charge in [-0.05, 0) is 68.9 Å². The predicted octanol–water partition coefficient (Wildman–Crippen LogP) is 5.38. The maximum absolute atomic E-state index is 13.7. The maximum Gasteiger partial charge on any atom is 0.267 e. The van der Waals surface area contributed by atoms with Crippen molar-refractivity contribution in [1.82, 2.24) is 14.9 Å². The van der Waals surface area contributed by atoms with Crippen molar-refractivity contribution < 1.29 is 4.79 Å². The number of hydrogen-bond donors (Lipinski definition) is 1. The molecule has 1 amide bonds. The van der Waals surface area contributed by atoms with Gasteiger partial charge in [-0.25, -0.2) is 4.98 Å². The zero-order valence-corrected chi connectivity index (χ0v) is 20.1. The van der Waals surface area contributed by atoms with Crippen LogP contribution in [0.5, 0.6) is 0 Å². The highest BCUT2D eigenvalue weighted by Gasteiger charge is 2.23. The normalized spacial score (nSPS) is 14.4. The van der Waals surface area contributed by atoms with Gasteiger partial charge in [0.2, 0.25) is 5.91 Å². The summed E-state index contributed by atoms with van der Waals surface area (Å²) in [7, 11) is 0. The van der Waals surface area contributed by atoms with E-state index >= 15 is 0 Å². The number of thiophene rings is 1. The van der Waals surface area contributed by atoms with Crippen molar-refractivity contribution in [3.63, 3.8) is 0 Å². The Labute approximate surface area is 195 Å². The Balaban J connectivity index is 1.74. The Hall–Kier alpha value is -1.83. The van der Waals surface area contributed by atoms with Crippen LogP contribution in [-0.2, 0) is 17.6 Å². The summed E-state index contributed by atoms with van der Waals surface area (Å²) < 4.78 is 1.63. The molecule has 1 atom stereocenters. The van der Waals surface area contributed by atoms with Crippen LogP contribution in [0.15, 0.2) is 34.2 Å². The Morgan fingerprint density at radius 2 is 2.03 bits per heavy atom. The van der Waals surface area contributed by atoms with Crippen LogP contribution in [0.25, 0.3) is 15.9 Å². The smallest absolute Gasteiger partial charge is 0.267 e. The molecule has 1 aliphatic carbocycles. The summed E-state index contributed by atoms with van der Waals surface area (Å²) in [5.41, 5.74) is 1.81.